The van der Waals surface area contributed by atoms with Crippen molar-refractivity contribution in [3.05, 3.63) is 64.1 Å². The molecule has 1 atom stereocenters. The van der Waals surface area contributed by atoms with E-state index in [1.807, 2.05) is 13.0 Å². The zero-order valence-electron chi connectivity index (χ0n) is 14.7. The lowest BCUT2D eigenvalue weighted by molar-refractivity contribution is 0.0935. The summed E-state index contributed by atoms with van der Waals surface area (Å²) in [6.45, 7) is 2.59. The number of aryl methyl sites for hydroxylation is 1. The van der Waals surface area contributed by atoms with E-state index in [4.69, 9.17) is 4.42 Å². The minimum atomic E-state index is -0.237. The fourth-order valence-corrected chi connectivity index (χ4v) is 3.45. The molecule has 0 spiro atoms. The highest BCUT2D eigenvalue weighted by molar-refractivity contribution is 5.97. The van der Waals surface area contributed by atoms with Crippen molar-refractivity contribution in [1.82, 2.24) is 14.9 Å². The van der Waals surface area contributed by atoms with Crippen LogP contribution in [0.1, 0.15) is 54.2 Å². The Morgan fingerprint density at radius 3 is 2.96 bits per heavy atom. The number of rotatable bonds is 3. The average Bonchev–Trinajstić information content (AvgIpc) is 3.08. The topological polar surface area (TPSA) is 77.1 Å². The quantitative estimate of drug-likeness (QED) is 0.786. The Balaban J connectivity index is 1.67. The van der Waals surface area contributed by atoms with Crippen LogP contribution >= 0.6 is 0 Å². The van der Waals surface area contributed by atoms with Crippen LogP contribution in [-0.4, -0.2) is 15.5 Å². The minimum Gasteiger partial charge on any atom is -0.467 e. The predicted molar refractivity (Wildman–Crippen MR) is 98.1 cm³/mol. The maximum atomic E-state index is 12.8. The molecule has 0 bridgehead atoms. The van der Waals surface area contributed by atoms with Crippen molar-refractivity contribution in [2.24, 2.45) is 0 Å². The molecule has 1 amide bonds. The van der Waals surface area contributed by atoms with Crippen molar-refractivity contribution < 1.29 is 9.21 Å². The molecule has 0 saturated heterocycles. The average molecular weight is 351 g/mol. The number of hydrogen-bond acceptors (Lipinski definition) is 4. The van der Waals surface area contributed by atoms with Crippen molar-refractivity contribution in [2.45, 2.75) is 45.2 Å². The first-order chi connectivity index (χ1) is 12.6. The lowest BCUT2D eigenvalue weighted by Gasteiger charge is -2.13. The van der Waals surface area contributed by atoms with Crippen LogP contribution in [0.25, 0.3) is 10.9 Å². The van der Waals surface area contributed by atoms with Gasteiger partial charge < -0.3 is 9.73 Å². The smallest absolute Gasteiger partial charge is 0.261 e. The van der Waals surface area contributed by atoms with E-state index in [1.54, 1.807) is 35.1 Å². The van der Waals surface area contributed by atoms with E-state index in [1.165, 1.54) is 0 Å². The number of carbonyl (C=O) groups excluding carboxylic acids is 1. The molecule has 4 rings (SSSR count). The SMILES string of the molecule is C[C@@H](NC(=O)c1ccc2c(=O)n3c(nc2c1)CCCCC3)c1ccco1. The highest BCUT2D eigenvalue weighted by Crippen LogP contribution is 2.18. The standard InChI is InChI=1S/C20H21N3O3/c1-13(17-6-5-11-26-17)21-19(24)14-8-9-15-16(12-14)22-18-7-3-2-4-10-23(18)20(15)25/h5-6,8-9,11-13H,2-4,7,10H2,1H3,(H,21,24)/t13-/m1/s1. The first-order valence-electron chi connectivity index (χ1n) is 9.01. The molecular formula is C20H21N3O3. The zero-order valence-corrected chi connectivity index (χ0v) is 14.7. The number of carbonyl (C=O) groups is 1. The maximum absolute atomic E-state index is 12.8. The molecule has 1 aliphatic heterocycles. The number of furan rings is 1. The third-order valence-electron chi connectivity index (χ3n) is 4.90. The van der Waals surface area contributed by atoms with Crippen LogP contribution in [0.15, 0.2) is 45.8 Å². The molecule has 26 heavy (non-hydrogen) atoms. The summed E-state index contributed by atoms with van der Waals surface area (Å²) < 4.78 is 7.11. The normalized spacial score (nSPS) is 15.3. The van der Waals surface area contributed by atoms with E-state index < -0.39 is 0 Å². The van der Waals surface area contributed by atoms with E-state index in [0.29, 0.717) is 22.2 Å². The minimum absolute atomic E-state index is 0.0113. The van der Waals surface area contributed by atoms with Gasteiger partial charge in [-0.15, -0.1) is 0 Å². The van der Waals surface area contributed by atoms with E-state index in [2.05, 4.69) is 10.3 Å². The molecule has 0 radical (unpaired) electrons. The van der Waals surface area contributed by atoms with Gasteiger partial charge in [-0.2, -0.15) is 0 Å². The van der Waals surface area contributed by atoms with Crippen molar-refractivity contribution in [3.63, 3.8) is 0 Å². The third kappa shape index (κ3) is 3.03. The van der Waals surface area contributed by atoms with Crippen molar-refractivity contribution >= 4 is 16.8 Å². The zero-order chi connectivity index (χ0) is 18.1. The molecule has 3 heterocycles. The number of nitrogens with zero attached hydrogens (tertiary/aromatic N) is 2. The second kappa shape index (κ2) is 6.78. The Morgan fingerprint density at radius 1 is 1.27 bits per heavy atom. The fraction of sp³-hybridized carbons (Fsp3) is 0.350. The van der Waals surface area contributed by atoms with Gasteiger partial charge >= 0.3 is 0 Å². The molecule has 6 heteroatoms. The van der Waals surface area contributed by atoms with Gasteiger partial charge in [0.25, 0.3) is 11.5 Å². The number of fused-ring (bicyclic) bond motifs is 2. The Kier molecular flexibility index (Phi) is 4.32. The predicted octanol–water partition coefficient (Wildman–Crippen LogP) is 3.21. The number of hydrogen-bond donors (Lipinski definition) is 1. The molecule has 3 aromatic rings. The van der Waals surface area contributed by atoms with Crippen LogP contribution in [0.2, 0.25) is 0 Å². The molecule has 0 saturated carbocycles. The van der Waals surface area contributed by atoms with E-state index >= 15 is 0 Å². The summed E-state index contributed by atoms with van der Waals surface area (Å²) in [6, 6.07) is 8.46. The number of aromatic nitrogens is 2. The largest absolute Gasteiger partial charge is 0.467 e. The first kappa shape index (κ1) is 16.6. The van der Waals surface area contributed by atoms with Crippen molar-refractivity contribution in [1.29, 1.82) is 0 Å². The van der Waals surface area contributed by atoms with E-state index in [9.17, 15) is 9.59 Å². The van der Waals surface area contributed by atoms with Gasteiger partial charge in [0.2, 0.25) is 0 Å². The van der Waals surface area contributed by atoms with Crippen LogP contribution in [0.3, 0.4) is 0 Å². The van der Waals surface area contributed by atoms with Gasteiger partial charge in [-0.1, -0.05) is 6.42 Å². The summed E-state index contributed by atoms with van der Waals surface area (Å²) in [6.07, 6.45) is 5.54. The monoisotopic (exact) mass is 351 g/mol. The fourth-order valence-electron chi connectivity index (χ4n) is 3.45. The van der Waals surface area contributed by atoms with Crippen LogP contribution < -0.4 is 10.9 Å². The maximum Gasteiger partial charge on any atom is 0.261 e. The number of amides is 1. The highest BCUT2D eigenvalue weighted by atomic mass is 16.3. The molecule has 134 valence electrons. The summed E-state index contributed by atoms with van der Waals surface area (Å²) in [5, 5.41) is 3.47. The van der Waals surface area contributed by atoms with Gasteiger partial charge in [-0.05, 0) is 50.1 Å². The highest BCUT2D eigenvalue weighted by Gasteiger charge is 2.17. The van der Waals surface area contributed by atoms with Gasteiger partial charge in [0.15, 0.2) is 0 Å². The Bertz CT molecular complexity index is 1010. The van der Waals surface area contributed by atoms with Crippen LogP contribution in [0, 0.1) is 0 Å². The molecule has 1 N–H and O–H groups in total. The molecule has 1 aromatic carbocycles. The van der Waals surface area contributed by atoms with Gasteiger partial charge in [0.05, 0.1) is 23.2 Å². The van der Waals surface area contributed by atoms with Crippen molar-refractivity contribution in [2.75, 3.05) is 0 Å². The van der Waals surface area contributed by atoms with Crippen LogP contribution in [0.5, 0.6) is 0 Å². The van der Waals surface area contributed by atoms with Crippen LogP contribution in [-0.2, 0) is 13.0 Å². The second-order valence-electron chi connectivity index (χ2n) is 6.74. The van der Waals surface area contributed by atoms with Crippen molar-refractivity contribution in [3.8, 4) is 0 Å². The van der Waals surface area contributed by atoms with Crippen LogP contribution in [0.4, 0.5) is 0 Å². The second-order valence-corrected chi connectivity index (χ2v) is 6.74. The molecule has 6 nitrogen and oxygen atoms in total. The number of nitrogens with one attached hydrogen (secondary N) is 1. The number of benzene rings is 1. The molecule has 0 aliphatic carbocycles. The summed E-state index contributed by atoms with van der Waals surface area (Å²) in [5.74, 6) is 1.30. The Morgan fingerprint density at radius 2 is 2.15 bits per heavy atom. The summed E-state index contributed by atoms with van der Waals surface area (Å²) in [4.78, 5) is 30.0. The Labute approximate surface area is 150 Å². The van der Waals surface area contributed by atoms with E-state index in [-0.39, 0.29) is 17.5 Å². The molecule has 0 fully saturated rings. The van der Waals surface area contributed by atoms with Gasteiger partial charge in [-0.3, -0.25) is 14.2 Å². The lowest BCUT2D eigenvalue weighted by atomic mass is 10.1. The molecule has 2 aromatic heterocycles. The first-order valence-corrected chi connectivity index (χ1v) is 9.01. The summed E-state index contributed by atoms with van der Waals surface area (Å²) in [5.41, 5.74) is 1.06. The summed E-state index contributed by atoms with van der Waals surface area (Å²) in [7, 11) is 0. The van der Waals surface area contributed by atoms with Gasteiger partial charge in [0, 0.05) is 18.5 Å². The van der Waals surface area contributed by atoms with E-state index in [0.717, 1.165) is 38.1 Å². The summed E-state index contributed by atoms with van der Waals surface area (Å²) >= 11 is 0. The molecule has 1 aliphatic rings. The lowest BCUT2D eigenvalue weighted by Crippen LogP contribution is -2.27. The van der Waals surface area contributed by atoms with Gasteiger partial charge in [0.1, 0.15) is 11.6 Å². The third-order valence-corrected chi connectivity index (χ3v) is 4.90. The van der Waals surface area contributed by atoms with Gasteiger partial charge in [-0.25, -0.2) is 4.98 Å². The molecular weight excluding hydrogens is 330 g/mol. The Hall–Kier alpha value is -2.89. The molecule has 0 unspecified atom stereocenters.